The molecule has 0 heterocycles. The molecule has 1 aromatic rings. The van der Waals surface area contributed by atoms with Crippen molar-refractivity contribution in [1.82, 2.24) is 0 Å². The van der Waals surface area contributed by atoms with Gasteiger partial charge in [-0.25, -0.2) is 4.39 Å². The zero-order chi connectivity index (χ0) is 13.3. The largest absolute Gasteiger partial charge is 0.496 e. The van der Waals surface area contributed by atoms with Crippen molar-refractivity contribution >= 4 is 17.6 Å². The number of hydrogen-bond acceptors (Lipinski definition) is 2. The van der Waals surface area contributed by atoms with Gasteiger partial charge in [0.05, 0.1) is 18.6 Å². The van der Waals surface area contributed by atoms with Crippen molar-refractivity contribution in [2.45, 2.75) is 25.2 Å². The van der Waals surface area contributed by atoms with E-state index in [0.717, 1.165) is 12.8 Å². The fourth-order valence-corrected chi connectivity index (χ4v) is 2.43. The number of benzene rings is 1. The molecule has 2 rings (SSSR count). The van der Waals surface area contributed by atoms with Gasteiger partial charge in [-0.2, -0.15) is 0 Å². The summed E-state index contributed by atoms with van der Waals surface area (Å²) in [4.78, 5) is 10.9. The van der Waals surface area contributed by atoms with Gasteiger partial charge in [0, 0.05) is 11.5 Å². The molecule has 0 amide bonds. The normalized spacial score (nSPS) is 16.4. The van der Waals surface area contributed by atoms with Gasteiger partial charge in [0.2, 0.25) is 0 Å². The molecule has 1 aromatic carbocycles. The zero-order valence-electron chi connectivity index (χ0n) is 9.95. The molecule has 1 N–H and O–H groups in total. The summed E-state index contributed by atoms with van der Waals surface area (Å²) in [6, 6.07) is 3.00. The Bertz CT molecular complexity index is 472. The smallest absolute Gasteiger partial charge is 0.303 e. The molecule has 0 bridgehead atoms. The Balaban J connectivity index is 2.44. The summed E-state index contributed by atoms with van der Waals surface area (Å²) in [5.41, 5.74) is 0.301. The maximum atomic E-state index is 14.1. The van der Waals surface area contributed by atoms with Gasteiger partial charge in [-0.15, -0.1) is 0 Å². The molecule has 0 aliphatic heterocycles. The molecule has 1 saturated carbocycles. The van der Waals surface area contributed by atoms with Crippen molar-refractivity contribution in [3.63, 3.8) is 0 Å². The predicted molar refractivity (Wildman–Crippen MR) is 65.7 cm³/mol. The van der Waals surface area contributed by atoms with Crippen LogP contribution in [0.2, 0.25) is 5.02 Å². The second-order valence-corrected chi connectivity index (χ2v) is 4.93. The lowest BCUT2D eigenvalue weighted by atomic mass is 9.90. The standard InChI is InChI=1S/C13H14ClFO3/c1-18-10-5-4-9(14)13(15)12(10)8(6-11(16)17)7-2-3-7/h4-5,7-8H,2-3,6H2,1H3,(H,16,17). The number of methoxy groups -OCH3 is 1. The fraction of sp³-hybridized carbons (Fsp3) is 0.462. The molecule has 18 heavy (non-hydrogen) atoms. The minimum Gasteiger partial charge on any atom is -0.496 e. The average molecular weight is 273 g/mol. The van der Waals surface area contributed by atoms with Crippen LogP contribution in [0.4, 0.5) is 4.39 Å². The summed E-state index contributed by atoms with van der Waals surface area (Å²) in [5.74, 6) is -1.28. The number of rotatable bonds is 5. The van der Waals surface area contributed by atoms with Crippen molar-refractivity contribution < 1.29 is 19.0 Å². The van der Waals surface area contributed by atoms with Crippen LogP contribution in [0.5, 0.6) is 5.75 Å². The highest BCUT2D eigenvalue weighted by Gasteiger charge is 2.37. The maximum absolute atomic E-state index is 14.1. The minimum atomic E-state index is -0.937. The van der Waals surface area contributed by atoms with Gasteiger partial charge in [0.15, 0.2) is 0 Å². The van der Waals surface area contributed by atoms with Crippen molar-refractivity contribution in [2.24, 2.45) is 5.92 Å². The zero-order valence-corrected chi connectivity index (χ0v) is 10.7. The highest BCUT2D eigenvalue weighted by Crippen LogP contribution is 2.48. The molecular formula is C13H14ClFO3. The molecule has 98 valence electrons. The minimum absolute atomic E-state index is 0.00170. The van der Waals surface area contributed by atoms with Gasteiger partial charge < -0.3 is 9.84 Å². The molecular weight excluding hydrogens is 259 g/mol. The first-order valence-electron chi connectivity index (χ1n) is 5.78. The van der Waals surface area contributed by atoms with E-state index in [4.69, 9.17) is 21.4 Å². The van der Waals surface area contributed by atoms with Gasteiger partial charge >= 0.3 is 5.97 Å². The Kier molecular flexibility index (Phi) is 3.76. The Morgan fingerprint density at radius 3 is 2.78 bits per heavy atom. The Hall–Kier alpha value is -1.29. The van der Waals surface area contributed by atoms with Crippen LogP contribution in [0, 0.1) is 11.7 Å². The number of ether oxygens (including phenoxy) is 1. The van der Waals surface area contributed by atoms with Crippen LogP contribution < -0.4 is 4.74 Å². The summed E-state index contributed by atoms with van der Waals surface area (Å²) in [6.45, 7) is 0. The van der Waals surface area contributed by atoms with E-state index in [9.17, 15) is 9.18 Å². The SMILES string of the molecule is COc1ccc(Cl)c(F)c1C(CC(=O)O)C1CC1. The van der Waals surface area contributed by atoms with E-state index in [1.165, 1.54) is 13.2 Å². The first-order chi connectivity index (χ1) is 8.54. The van der Waals surface area contributed by atoms with Crippen molar-refractivity contribution in [3.05, 3.63) is 28.5 Å². The van der Waals surface area contributed by atoms with Crippen LogP contribution >= 0.6 is 11.6 Å². The molecule has 1 atom stereocenters. The van der Waals surface area contributed by atoms with Crippen molar-refractivity contribution in [1.29, 1.82) is 0 Å². The number of aliphatic carboxylic acids is 1. The van der Waals surface area contributed by atoms with E-state index < -0.39 is 11.8 Å². The third-order valence-electron chi connectivity index (χ3n) is 3.27. The first-order valence-corrected chi connectivity index (χ1v) is 6.16. The highest BCUT2D eigenvalue weighted by molar-refractivity contribution is 6.30. The van der Waals surface area contributed by atoms with Crippen LogP contribution in [0.15, 0.2) is 12.1 Å². The second kappa shape index (κ2) is 5.14. The number of carboxylic acid groups (broad SMARTS) is 1. The van der Waals surface area contributed by atoms with Crippen molar-refractivity contribution in [2.75, 3.05) is 7.11 Å². The third kappa shape index (κ3) is 2.58. The lowest BCUT2D eigenvalue weighted by Crippen LogP contribution is -2.12. The fourth-order valence-electron chi connectivity index (χ4n) is 2.26. The molecule has 0 saturated heterocycles. The van der Waals surface area contributed by atoms with E-state index in [-0.39, 0.29) is 23.3 Å². The molecule has 1 fully saturated rings. The first kappa shape index (κ1) is 13.1. The van der Waals surface area contributed by atoms with Crippen LogP contribution in [0.25, 0.3) is 0 Å². The molecule has 0 radical (unpaired) electrons. The number of halogens is 2. The van der Waals surface area contributed by atoms with Gasteiger partial charge in [0.25, 0.3) is 0 Å². The maximum Gasteiger partial charge on any atom is 0.303 e. The number of carbonyl (C=O) groups is 1. The van der Waals surface area contributed by atoms with E-state index >= 15 is 0 Å². The summed E-state index contributed by atoms with van der Waals surface area (Å²) < 4.78 is 19.3. The van der Waals surface area contributed by atoms with E-state index in [2.05, 4.69) is 0 Å². The van der Waals surface area contributed by atoms with Gasteiger partial charge in [-0.3, -0.25) is 4.79 Å². The third-order valence-corrected chi connectivity index (χ3v) is 3.56. The molecule has 0 aromatic heterocycles. The molecule has 5 heteroatoms. The number of hydrogen-bond donors (Lipinski definition) is 1. The number of carboxylic acids is 1. The predicted octanol–water partition coefficient (Wildman–Crippen LogP) is 3.46. The molecule has 0 spiro atoms. The van der Waals surface area contributed by atoms with Crippen molar-refractivity contribution in [3.8, 4) is 5.75 Å². The summed E-state index contributed by atoms with van der Waals surface area (Å²) in [5, 5.41) is 8.95. The molecule has 3 nitrogen and oxygen atoms in total. The Morgan fingerprint density at radius 2 is 2.28 bits per heavy atom. The van der Waals surface area contributed by atoms with Crippen LogP contribution in [-0.2, 0) is 4.79 Å². The topological polar surface area (TPSA) is 46.5 Å². The van der Waals surface area contributed by atoms with Crippen LogP contribution in [0.1, 0.15) is 30.7 Å². The second-order valence-electron chi connectivity index (χ2n) is 4.52. The molecule has 1 aliphatic carbocycles. The summed E-state index contributed by atoms with van der Waals surface area (Å²) in [7, 11) is 1.44. The summed E-state index contributed by atoms with van der Waals surface area (Å²) >= 11 is 5.77. The highest BCUT2D eigenvalue weighted by atomic mass is 35.5. The average Bonchev–Trinajstić information content (AvgIpc) is 3.13. The Morgan fingerprint density at radius 1 is 1.61 bits per heavy atom. The monoisotopic (exact) mass is 272 g/mol. The van der Waals surface area contributed by atoms with E-state index in [0.29, 0.717) is 11.3 Å². The van der Waals surface area contributed by atoms with Crippen LogP contribution in [-0.4, -0.2) is 18.2 Å². The van der Waals surface area contributed by atoms with Gasteiger partial charge in [-0.05, 0) is 30.9 Å². The van der Waals surface area contributed by atoms with Gasteiger partial charge in [-0.1, -0.05) is 11.6 Å². The lowest BCUT2D eigenvalue weighted by molar-refractivity contribution is -0.137. The van der Waals surface area contributed by atoms with Gasteiger partial charge in [0.1, 0.15) is 11.6 Å². The lowest BCUT2D eigenvalue weighted by Gasteiger charge is -2.19. The molecule has 1 aliphatic rings. The van der Waals surface area contributed by atoms with Crippen LogP contribution in [0.3, 0.4) is 0 Å². The van der Waals surface area contributed by atoms with E-state index in [1.807, 2.05) is 0 Å². The summed E-state index contributed by atoms with van der Waals surface area (Å²) in [6.07, 6.45) is 1.75. The molecule has 1 unspecified atom stereocenters. The quantitative estimate of drug-likeness (QED) is 0.893. The Labute approximate surface area is 110 Å². The van der Waals surface area contributed by atoms with E-state index in [1.54, 1.807) is 6.07 Å².